The highest BCUT2D eigenvalue weighted by molar-refractivity contribution is 6.33. The van der Waals surface area contributed by atoms with Crippen LogP contribution in [0.25, 0.3) is 0 Å². The summed E-state index contributed by atoms with van der Waals surface area (Å²) in [4.78, 5) is 16.0. The molecule has 0 aliphatic carbocycles. The molecule has 0 saturated carbocycles. The quantitative estimate of drug-likeness (QED) is 0.629. The van der Waals surface area contributed by atoms with Gasteiger partial charge < -0.3 is 11.5 Å². The standard InChI is InChI=1S/C12H10ClN3O/c13-9-5-7(1-2-11(9)15)12(17)8-6-16-4-3-10(8)14/h1-6H,15H2,(H2,14,16). The van der Waals surface area contributed by atoms with Gasteiger partial charge in [0.1, 0.15) is 0 Å². The van der Waals surface area contributed by atoms with Gasteiger partial charge in [-0.2, -0.15) is 0 Å². The number of nitrogens with two attached hydrogens (primary N) is 2. The minimum Gasteiger partial charge on any atom is -0.398 e. The average molecular weight is 248 g/mol. The van der Waals surface area contributed by atoms with Gasteiger partial charge in [-0.15, -0.1) is 0 Å². The number of benzene rings is 1. The highest BCUT2D eigenvalue weighted by Crippen LogP contribution is 2.22. The maximum atomic E-state index is 12.1. The fourth-order valence-electron chi connectivity index (χ4n) is 1.42. The molecule has 1 heterocycles. The van der Waals surface area contributed by atoms with E-state index in [2.05, 4.69) is 4.98 Å². The van der Waals surface area contributed by atoms with Crippen molar-refractivity contribution in [3.8, 4) is 0 Å². The van der Waals surface area contributed by atoms with Crippen LogP contribution in [0.15, 0.2) is 36.7 Å². The molecule has 4 N–H and O–H groups in total. The molecule has 0 unspecified atom stereocenters. The number of carbonyl (C=O) groups is 1. The van der Waals surface area contributed by atoms with Gasteiger partial charge in [0.25, 0.3) is 0 Å². The third-order valence-electron chi connectivity index (χ3n) is 2.36. The van der Waals surface area contributed by atoms with E-state index in [-0.39, 0.29) is 5.78 Å². The van der Waals surface area contributed by atoms with Crippen LogP contribution >= 0.6 is 11.6 Å². The molecule has 0 atom stereocenters. The van der Waals surface area contributed by atoms with E-state index in [1.54, 1.807) is 18.2 Å². The second kappa shape index (κ2) is 4.43. The highest BCUT2D eigenvalue weighted by atomic mass is 35.5. The molecular formula is C12H10ClN3O. The van der Waals surface area contributed by atoms with E-state index in [9.17, 15) is 4.79 Å². The van der Waals surface area contributed by atoms with Crippen molar-refractivity contribution in [2.24, 2.45) is 0 Å². The molecule has 0 bridgehead atoms. The highest BCUT2D eigenvalue weighted by Gasteiger charge is 2.13. The largest absolute Gasteiger partial charge is 0.398 e. The Morgan fingerprint density at radius 3 is 2.59 bits per heavy atom. The number of pyridine rings is 1. The lowest BCUT2D eigenvalue weighted by Gasteiger charge is -2.05. The summed E-state index contributed by atoms with van der Waals surface area (Å²) in [7, 11) is 0. The Bertz CT molecular complexity index is 584. The first kappa shape index (κ1) is 11.4. The minimum atomic E-state index is -0.225. The van der Waals surface area contributed by atoms with Crippen molar-refractivity contribution in [3.05, 3.63) is 52.8 Å². The molecule has 0 aliphatic heterocycles. The van der Waals surface area contributed by atoms with E-state index in [4.69, 9.17) is 23.1 Å². The number of hydrogen-bond donors (Lipinski definition) is 2. The van der Waals surface area contributed by atoms with Crippen LogP contribution < -0.4 is 11.5 Å². The first-order valence-electron chi connectivity index (χ1n) is 4.89. The van der Waals surface area contributed by atoms with Gasteiger partial charge >= 0.3 is 0 Å². The van der Waals surface area contributed by atoms with Crippen molar-refractivity contribution in [3.63, 3.8) is 0 Å². The topological polar surface area (TPSA) is 82.0 Å². The summed E-state index contributed by atoms with van der Waals surface area (Å²) in [5.74, 6) is -0.225. The summed E-state index contributed by atoms with van der Waals surface area (Å²) in [6.45, 7) is 0. The number of aromatic nitrogens is 1. The number of ketones is 1. The summed E-state index contributed by atoms with van der Waals surface area (Å²) in [5, 5.41) is 0.346. The third-order valence-corrected chi connectivity index (χ3v) is 2.69. The maximum Gasteiger partial charge on any atom is 0.196 e. The van der Waals surface area contributed by atoms with Gasteiger partial charge in [0.05, 0.1) is 16.3 Å². The molecule has 86 valence electrons. The summed E-state index contributed by atoms with van der Waals surface area (Å²) in [5.41, 5.74) is 12.9. The van der Waals surface area contributed by atoms with E-state index in [0.717, 1.165) is 0 Å². The predicted molar refractivity (Wildman–Crippen MR) is 67.9 cm³/mol. The Morgan fingerprint density at radius 1 is 1.18 bits per heavy atom. The zero-order chi connectivity index (χ0) is 12.4. The van der Waals surface area contributed by atoms with Crippen molar-refractivity contribution in [2.45, 2.75) is 0 Å². The lowest BCUT2D eigenvalue weighted by atomic mass is 10.0. The SMILES string of the molecule is Nc1ccc(C(=O)c2cnccc2N)cc1Cl. The summed E-state index contributed by atoms with van der Waals surface area (Å²) < 4.78 is 0. The molecule has 0 aliphatic rings. The first-order valence-corrected chi connectivity index (χ1v) is 5.26. The number of carbonyl (C=O) groups excluding carboxylic acids is 1. The van der Waals surface area contributed by atoms with Crippen molar-refractivity contribution in [1.82, 2.24) is 4.98 Å². The Morgan fingerprint density at radius 2 is 1.94 bits per heavy atom. The Balaban J connectivity index is 2.44. The molecule has 0 fully saturated rings. The van der Waals surface area contributed by atoms with Crippen LogP contribution in [0.5, 0.6) is 0 Å². The molecule has 1 aromatic carbocycles. The van der Waals surface area contributed by atoms with Crippen LogP contribution in [0.4, 0.5) is 11.4 Å². The second-order valence-corrected chi connectivity index (χ2v) is 3.94. The molecule has 4 nitrogen and oxygen atoms in total. The van der Waals surface area contributed by atoms with Crippen LogP contribution in [0.1, 0.15) is 15.9 Å². The normalized spacial score (nSPS) is 10.2. The van der Waals surface area contributed by atoms with Gasteiger partial charge in [-0.3, -0.25) is 9.78 Å². The lowest BCUT2D eigenvalue weighted by Crippen LogP contribution is -2.06. The van der Waals surface area contributed by atoms with E-state index in [0.29, 0.717) is 27.5 Å². The molecular weight excluding hydrogens is 238 g/mol. The summed E-state index contributed by atoms with van der Waals surface area (Å²) in [6, 6.07) is 6.29. The Kier molecular flexibility index (Phi) is 2.97. The average Bonchev–Trinajstić information content (AvgIpc) is 2.32. The van der Waals surface area contributed by atoms with E-state index >= 15 is 0 Å². The van der Waals surface area contributed by atoms with Crippen LogP contribution in [0.3, 0.4) is 0 Å². The number of hydrogen-bond acceptors (Lipinski definition) is 4. The fourth-order valence-corrected chi connectivity index (χ4v) is 1.60. The van der Waals surface area contributed by atoms with Crippen molar-refractivity contribution >= 4 is 28.8 Å². The molecule has 2 aromatic rings. The summed E-state index contributed by atoms with van der Waals surface area (Å²) in [6.07, 6.45) is 2.96. The van der Waals surface area contributed by atoms with Crippen LogP contribution in [-0.4, -0.2) is 10.8 Å². The van der Waals surface area contributed by atoms with E-state index in [1.807, 2.05) is 0 Å². The minimum absolute atomic E-state index is 0.225. The van der Waals surface area contributed by atoms with Gasteiger partial charge in [0.2, 0.25) is 0 Å². The van der Waals surface area contributed by atoms with Gasteiger partial charge in [-0.1, -0.05) is 11.6 Å². The Hall–Kier alpha value is -2.07. The number of nitrogen functional groups attached to an aromatic ring is 2. The molecule has 2 rings (SSSR count). The van der Waals surface area contributed by atoms with Crippen molar-refractivity contribution in [2.75, 3.05) is 11.5 Å². The van der Waals surface area contributed by atoms with Gasteiger partial charge in [-0.25, -0.2) is 0 Å². The van der Waals surface area contributed by atoms with Crippen LogP contribution in [0.2, 0.25) is 5.02 Å². The lowest BCUT2D eigenvalue weighted by molar-refractivity contribution is 0.103. The smallest absolute Gasteiger partial charge is 0.196 e. The molecule has 0 spiro atoms. The molecule has 0 saturated heterocycles. The van der Waals surface area contributed by atoms with Crippen molar-refractivity contribution < 1.29 is 4.79 Å². The van der Waals surface area contributed by atoms with Crippen LogP contribution in [0, 0.1) is 0 Å². The van der Waals surface area contributed by atoms with Gasteiger partial charge in [-0.05, 0) is 24.3 Å². The second-order valence-electron chi connectivity index (χ2n) is 3.53. The zero-order valence-electron chi connectivity index (χ0n) is 8.85. The maximum absolute atomic E-state index is 12.1. The Labute approximate surface area is 103 Å². The number of halogens is 1. The molecule has 5 heteroatoms. The first-order chi connectivity index (χ1) is 8.09. The molecule has 0 radical (unpaired) electrons. The number of nitrogens with zero attached hydrogens (tertiary/aromatic N) is 1. The molecule has 1 aromatic heterocycles. The number of anilines is 2. The predicted octanol–water partition coefficient (Wildman–Crippen LogP) is 2.13. The van der Waals surface area contributed by atoms with Crippen molar-refractivity contribution in [1.29, 1.82) is 0 Å². The van der Waals surface area contributed by atoms with E-state index < -0.39 is 0 Å². The monoisotopic (exact) mass is 247 g/mol. The van der Waals surface area contributed by atoms with Gasteiger partial charge in [0.15, 0.2) is 5.78 Å². The molecule has 0 amide bonds. The van der Waals surface area contributed by atoms with Gasteiger partial charge in [0, 0.05) is 23.6 Å². The zero-order valence-corrected chi connectivity index (χ0v) is 9.61. The fraction of sp³-hybridized carbons (Fsp3) is 0. The number of rotatable bonds is 2. The molecule has 17 heavy (non-hydrogen) atoms. The van der Waals surface area contributed by atoms with Crippen LogP contribution in [-0.2, 0) is 0 Å². The third kappa shape index (κ3) is 2.21. The van der Waals surface area contributed by atoms with E-state index in [1.165, 1.54) is 18.5 Å². The summed E-state index contributed by atoms with van der Waals surface area (Å²) >= 11 is 5.86.